The van der Waals surface area contributed by atoms with Crippen LogP contribution in [0.5, 0.6) is 0 Å². The molecule has 0 bridgehead atoms. The second kappa shape index (κ2) is 7.04. The molecule has 8 nitrogen and oxygen atoms in total. The lowest BCUT2D eigenvalue weighted by atomic mass is 10.1. The van der Waals surface area contributed by atoms with Crippen LogP contribution < -0.4 is 16.2 Å². The minimum atomic E-state index is -3.70. The molecule has 1 aromatic rings. The summed E-state index contributed by atoms with van der Waals surface area (Å²) in [6.07, 6.45) is 0.513. The number of nitrogens with zero attached hydrogens (tertiary/aromatic N) is 1. The summed E-state index contributed by atoms with van der Waals surface area (Å²) in [7, 11) is -3.70. The van der Waals surface area contributed by atoms with Crippen molar-refractivity contribution >= 4 is 21.8 Å². The zero-order valence-electron chi connectivity index (χ0n) is 11.5. The molecule has 9 heteroatoms. The Morgan fingerprint density at radius 1 is 1.38 bits per heavy atom. The number of amidine groups is 1. The Labute approximate surface area is 122 Å². The van der Waals surface area contributed by atoms with Gasteiger partial charge in [-0.3, -0.25) is 4.79 Å². The van der Waals surface area contributed by atoms with E-state index in [1.54, 1.807) is 12.1 Å². The predicted molar refractivity (Wildman–Crippen MR) is 77.1 cm³/mol. The maximum atomic E-state index is 11.6. The van der Waals surface area contributed by atoms with E-state index in [0.29, 0.717) is 13.0 Å². The van der Waals surface area contributed by atoms with Crippen LogP contribution in [0.1, 0.15) is 12.5 Å². The highest BCUT2D eigenvalue weighted by molar-refractivity contribution is 7.89. The second-order valence-electron chi connectivity index (χ2n) is 4.48. The number of oxime groups is 1. The molecule has 0 fully saturated rings. The van der Waals surface area contributed by atoms with E-state index in [2.05, 4.69) is 10.5 Å². The molecule has 0 aliphatic carbocycles. The monoisotopic (exact) mass is 314 g/mol. The van der Waals surface area contributed by atoms with E-state index in [1.807, 2.05) is 0 Å². The van der Waals surface area contributed by atoms with Crippen molar-refractivity contribution in [3.63, 3.8) is 0 Å². The molecule has 1 rings (SSSR count). The number of sulfonamides is 1. The van der Waals surface area contributed by atoms with Gasteiger partial charge in [-0.15, -0.1) is 0 Å². The van der Waals surface area contributed by atoms with E-state index in [1.165, 1.54) is 19.1 Å². The van der Waals surface area contributed by atoms with E-state index < -0.39 is 15.9 Å². The number of benzene rings is 1. The van der Waals surface area contributed by atoms with Gasteiger partial charge < -0.3 is 16.3 Å². The van der Waals surface area contributed by atoms with Crippen molar-refractivity contribution in [3.8, 4) is 0 Å². The average Bonchev–Trinajstić information content (AvgIpc) is 2.45. The standard InChI is InChI=1S/C12H18N4O4S/c1-8(11(13)16-18)12(17)15-7-6-9-2-4-10(5-3-9)21(14,19)20/h2-5,8,18H,6-7H2,1H3,(H2,13,16)(H,15,17)(H2,14,19,20). The number of nitrogens with one attached hydrogen (secondary N) is 1. The minimum Gasteiger partial charge on any atom is -0.409 e. The number of hydrogen-bond acceptors (Lipinski definition) is 5. The van der Waals surface area contributed by atoms with Gasteiger partial charge in [0.15, 0.2) is 5.84 Å². The minimum absolute atomic E-state index is 0.0378. The molecule has 0 saturated carbocycles. The van der Waals surface area contributed by atoms with Crippen LogP contribution in [0, 0.1) is 5.92 Å². The van der Waals surface area contributed by atoms with Gasteiger partial charge in [0.05, 0.1) is 10.8 Å². The smallest absolute Gasteiger partial charge is 0.238 e. The number of carbonyl (C=O) groups excluding carboxylic acids is 1. The quantitative estimate of drug-likeness (QED) is 0.239. The van der Waals surface area contributed by atoms with E-state index in [9.17, 15) is 13.2 Å². The van der Waals surface area contributed by atoms with E-state index in [4.69, 9.17) is 16.1 Å². The largest absolute Gasteiger partial charge is 0.409 e. The van der Waals surface area contributed by atoms with Crippen LogP contribution in [-0.4, -0.2) is 31.9 Å². The topological polar surface area (TPSA) is 148 Å². The maximum Gasteiger partial charge on any atom is 0.238 e. The molecule has 0 aliphatic heterocycles. The normalized spacial score (nSPS) is 13.7. The summed E-state index contributed by atoms with van der Waals surface area (Å²) in [4.78, 5) is 11.7. The van der Waals surface area contributed by atoms with Gasteiger partial charge in [0.1, 0.15) is 0 Å². The van der Waals surface area contributed by atoms with Gasteiger partial charge in [0.2, 0.25) is 15.9 Å². The third-order valence-corrected chi connectivity index (χ3v) is 3.85. The summed E-state index contributed by atoms with van der Waals surface area (Å²) in [6, 6.07) is 6.06. The summed E-state index contributed by atoms with van der Waals surface area (Å²) in [6.45, 7) is 1.86. The highest BCUT2D eigenvalue weighted by atomic mass is 32.2. The van der Waals surface area contributed by atoms with Gasteiger partial charge in [0.25, 0.3) is 0 Å². The maximum absolute atomic E-state index is 11.6. The van der Waals surface area contributed by atoms with Crippen LogP contribution in [0.15, 0.2) is 34.3 Å². The lowest BCUT2D eigenvalue weighted by molar-refractivity contribution is -0.122. The van der Waals surface area contributed by atoms with Gasteiger partial charge in [0, 0.05) is 6.54 Å². The van der Waals surface area contributed by atoms with Gasteiger partial charge >= 0.3 is 0 Å². The van der Waals surface area contributed by atoms with Gasteiger partial charge in [-0.1, -0.05) is 17.3 Å². The molecular weight excluding hydrogens is 296 g/mol. The fourth-order valence-electron chi connectivity index (χ4n) is 1.55. The molecule has 1 aromatic carbocycles. The van der Waals surface area contributed by atoms with Crippen LogP contribution in [0.3, 0.4) is 0 Å². The summed E-state index contributed by atoms with van der Waals surface area (Å²) < 4.78 is 22.2. The van der Waals surface area contributed by atoms with Crippen molar-refractivity contribution < 1.29 is 18.4 Å². The molecule has 1 amide bonds. The van der Waals surface area contributed by atoms with Crippen LogP contribution in [0.4, 0.5) is 0 Å². The van der Waals surface area contributed by atoms with E-state index in [-0.39, 0.29) is 16.6 Å². The molecule has 21 heavy (non-hydrogen) atoms. The first-order valence-electron chi connectivity index (χ1n) is 6.12. The first kappa shape index (κ1) is 16.9. The number of amides is 1. The van der Waals surface area contributed by atoms with E-state index >= 15 is 0 Å². The molecule has 6 N–H and O–H groups in total. The van der Waals surface area contributed by atoms with Crippen molar-refractivity contribution in [1.29, 1.82) is 0 Å². The Balaban J connectivity index is 2.52. The van der Waals surface area contributed by atoms with Crippen molar-refractivity contribution in [2.75, 3.05) is 6.54 Å². The molecule has 0 radical (unpaired) electrons. The second-order valence-corrected chi connectivity index (χ2v) is 6.04. The lowest BCUT2D eigenvalue weighted by Gasteiger charge is -2.10. The number of hydrogen-bond donors (Lipinski definition) is 4. The number of primary sulfonamides is 1. The van der Waals surface area contributed by atoms with Gasteiger partial charge in [-0.2, -0.15) is 0 Å². The molecular formula is C12H18N4O4S. The molecule has 0 heterocycles. The highest BCUT2D eigenvalue weighted by Gasteiger charge is 2.16. The Hall–Kier alpha value is -2.13. The molecule has 0 aromatic heterocycles. The van der Waals surface area contributed by atoms with Crippen molar-refractivity contribution in [2.24, 2.45) is 21.9 Å². The lowest BCUT2D eigenvalue weighted by Crippen LogP contribution is -2.38. The number of rotatable bonds is 6. The zero-order valence-corrected chi connectivity index (χ0v) is 12.3. The fraction of sp³-hybridized carbons (Fsp3) is 0.333. The Kier molecular flexibility index (Phi) is 5.68. The van der Waals surface area contributed by atoms with Gasteiger partial charge in [-0.25, -0.2) is 13.6 Å². The van der Waals surface area contributed by atoms with Crippen LogP contribution in [0.2, 0.25) is 0 Å². The molecule has 1 unspecified atom stereocenters. The molecule has 0 aliphatic rings. The third kappa shape index (κ3) is 5.04. The summed E-state index contributed by atoms with van der Waals surface area (Å²) in [5.41, 5.74) is 6.17. The highest BCUT2D eigenvalue weighted by Crippen LogP contribution is 2.09. The van der Waals surface area contributed by atoms with Crippen molar-refractivity contribution in [3.05, 3.63) is 29.8 Å². The average molecular weight is 314 g/mol. The Morgan fingerprint density at radius 2 is 1.95 bits per heavy atom. The number of carbonyl (C=O) groups is 1. The molecule has 0 spiro atoms. The third-order valence-electron chi connectivity index (χ3n) is 2.92. The van der Waals surface area contributed by atoms with Gasteiger partial charge in [-0.05, 0) is 31.0 Å². The summed E-state index contributed by atoms with van der Waals surface area (Å²) in [5.74, 6) is -1.24. The van der Waals surface area contributed by atoms with Crippen molar-refractivity contribution in [1.82, 2.24) is 5.32 Å². The fourth-order valence-corrected chi connectivity index (χ4v) is 2.07. The Morgan fingerprint density at radius 3 is 2.43 bits per heavy atom. The van der Waals surface area contributed by atoms with Crippen LogP contribution in [-0.2, 0) is 21.2 Å². The predicted octanol–water partition coefficient (Wildman–Crippen LogP) is -0.625. The van der Waals surface area contributed by atoms with Crippen LogP contribution in [0.25, 0.3) is 0 Å². The Bertz CT molecular complexity index is 625. The van der Waals surface area contributed by atoms with Crippen molar-refractivity contribution in [2.45, 2.75) is 18.2 Å². The molecule has 0 saturated heterocycles. The van der Waals surface area contributed by atoms with Crippen LogP contribution >= 0.6 is 0 Å². The SMILES string of the molecule is CC(C(=O)NCCc1ccc(S(N)(=O)=O)cc1)C(N)=NO. The zero-order chi connectivity index (χ0) is 16.0. The molecule has 116 valence electrons. The first-order chi connectivity index (χ1) is 9.75. The summed E-state index contributed by atoms with van der Waals surface area (Å²) >= 11 is 0. The first-order valence-corrected chi connectivity index (χ1v) is 7.67. The molecule has 1 atom stereocenters. The summed E-state index contributed by atoms with van der Waals surface area (Å²) in [5, 5.41) is 18.9. The number of nitrogens with two attached hydrogens (primary N) is 2. The van der Waals surface area contributed by atoms with E-state index in [0.717, 1.165) is 5.56 Å².